The van der Waals surface area contributed by atoms with Crippen LogP contribution in [0.1, 0.15) is 11.8 Å². The normalized spacial score (nSPS) is 11.9. The molecule has 1 aromatic rings. The molecule has 3 N–H and O–H groups in total. The van der Waals surface area contributed by atoms with Crippen molar-refractivity contribution in [2.24, 2.45) is 0 Å². The maximum Gasteiger partial charge on any atom is 0.334 e. The number of thiophene rings is 1. The highest BCUT2D eigenvalue weighted by atomic mass is 32.1. The molecule has 7 heteroatoms. The third-order valence-electron chi connectivity index (χ3n) is 2.33. The van der Waals surface area contributed by atoms with Crippen molar-refractivity contribution < 1.29 is 19.8 Å². The van der Waals surface area contributed by atoms with Crippen molar-refractivity contribution in [3.63, 3.8) is 0 Å². The number of hydrogen-bond donors (Lipinski definition) is 3. The third kappa shape index (κ3) is 4.34. The number of aliphatic hydroxyl groups is 1. The van der Waals surface area contributed by atoms with Crippen LogP contribution in [0.4, 0.5) is 4.79 Å². The molecule has 1 heterocycles. The monoisotopic (exact) mass is 272 g/mol. The van der Waals surface area contributed by atoms with E-state index in [9.17, 15) is 9.59 Å². The van der Waals surface area contributed by atoms with E-state index in [4.69, 9.17) is 10.2 Å². The fourth-order valence-corrected chi connectivity index (χ4v) is 2.02. The first-order valence-corrected chi connectivity index (χ1v) is 6.38. The minimum Gasteiger partial charge on any atom is -0.479 e. The van der Waals surface area contributed by atoms with E-state index in [0.717, 1.165) is 4.88 Å². The number of carboxylic acid groups (broad SMARTS) is 1. The summed E-state index contributed by atoms with van der Waals surface area (Å²) in [7, 11) is 0. The molecule has 0 radical (unpaired) electrons. The van der Waals surface area contributed by atoms with Gasteiger partial charge in [0.1, 0.15) is 0 Å². The van der Waals surface area contributed by atoms with Crippen LogP contribution in [-0.2, 0) is 11.3 Å². The summed E-state index contributed by atoms with van der Waals surface area (Å²) < 4.78 is 0. The fourth-order valence-electron chi connectivity index (χ4n) is 1.30. The van der Waals surface area contributed by atoms with Crippen molar-refractivity contribution in [2.75, 3.05) is 13.1 Å². The predicted octanol–water partition coefficient (Wildman–Crippen LogP) is 0.725. The molecule has 0 aliphatic rings. The van der Waals surface area contributed by atoms with Gasteiger partial charge < -0.3 is 20.4 Å². The lowest BCUT2D eigenvalue weighted by Crippen LogP contribution is -2.44. The molecule has 18 heavy (non-hydrogen) atoms. The van der Waals surface area contributed by atoms with Gasteiger partial charge in [0.2, 0.25) is 0 Å². The van der Waals surface area contributed by atoms with Crippen LogP contribution >= 0.6 is 11.3 Å². The second kappa shape index (κ2) is 6.97. The van der Waals surface area contributed by atoms with Gasteiger partial charge in [0.25, 0.3) is 0 Å². The molecular weight excluding hydrogens is 256 g/mol. The molecule has 0 bridgehead atoms. The molecule has 1 rings (SSSR count). The molecule has 1 atom stereocenters. The Balaban J connectivity index is 2.45. The number of carboxylic acids is 1. The summed E-state index contributed by atoms with van der Waals surface area (Å²) in [4.78, 5) is 24.7. The van der Waals surface area contributed by atoms with Crippen LogP contribution in [0.2, 0.25) is 0 Å². The summed E-state index contributed by atoms with van der Waals surface area (Å²) in [6, 6.07) is 3.44. The first kappa shape index (κ1) is 14.5. The van der Waals surface area contributed by atoms with Gasteiger partial charge in [0, 0.05) is 11.4 Å². The summed E-state index contributed by atoms with van der Waals surface area (Å²) in [5.41, 5.74) is 0. The smallest absolute Gasteiger partial charge is 0.334 e. The second-order valence-corrected chi connectivity index (χ2v) is 4.67. The molecule has 2 amide bonds. The minimum atomic E-state index is -1.57. The van der Waals surface area contributed by atoms with E-state index >= 15 is 0 Å². The van der Waals surface area contributed by atoms with E-state index in [-0.39, 0.29) is 12.6 Å². The SMILES string of the molecule is CCN(Cc1cccs1)C(=O)NC[C@H](O)C(=O)O. The van der Waals surface area contributed by atoms with Crippen molar-refractivity contribution in [1.82, 2.24) is 10.2 Å². The number of hydrogen-bond acceptors (Lipinski definition) is 4. The van der Waals surface area contributed by atoms with Gasteiger partial charge in [0.05, 0.1) is 13.1 Å². The van der Waals surface area contributed by atoms with Gasteiger partial charge >= 0.3 is 12.0 Å². The van der Waals surface area contributed by atoms with E-state index in [0.29, 0.717) is 13.1 Å². The zero-order valence-corrected chi connectivity index (χ0v) is 10.8. The first-order valence-electron chi connectivity index (χ1n) is 5.50. The molecule has 1 aromatic heterocycles. The number of aliphatic carboxylic acids is 1. The maximum absolute atomic E-state index is 11.7. The molecule has 0 saturated carbocycles. The van der Waals surface area contributed by atoms with Gasteiger partial charge in [-0.1, -0.05) is 6.07 Å². The molecular formula is C11H16N2O4S. The van der Waals surface area contributed by atoms with Crippen molar-refractivity contribution in [3.05, 3.63) is 22.4 Å². The number of nitrogens with one attached hydrogen (secondary N) is 1. The number of rotatable bonds is 6. The average molecular weight is 272 g/mol. The lowest BCUT2D eigenvalue weighted by atomic mass is 10.3. The van der Waals surface area contributed by atoms with Gasteiger partial charge in [-0.05, 0) is 18.4 Å². The molecule has 0 aliphatic heterocycles. The Morgan fingerprint density at radius 2 is 2.28 bits per heavy atom. The fraction of sp³-hybridized carbons (Fsp3) is 0.455. The molecule has 0 saturated heterocycles. The first-order chi connectivity index (χ1) is 8.54. The van der Waals surface area contributed by atoms with Gasteiger partial charge in [-0.25, -0.2) is 9.59 Å². The number of carbonyl (C=O) groups excluding carboxylic acids is 1. The van der Waals surface area contributed by atoms with E-state index in [2.05, 4.69) is 5.32 Å². The van der Waals surface area contributed by atoms with E-state index in [1.165, 1.54) is 0 Å². The summed E-state index contributed by atoms with van der Waals surface area (Å²) in [6.07, 6.45) is -1.57. The summed E-state index contributed by atoms with van der Waals surface area (Å²) >= 11 is 1.55. The highest BCUT2D eigenvalue weighted by Crippen LogP contribution is 2.11. The second-order valence-electron chi connectivity index (χ2n) is 3.63. The largest absolute Gasteiger partial charge is 0.479 e. The van der Waals surface area contributed by atoms with Crippen LogP contribution in [0.3, 0.4) is 0 Å². The van der Waals surface area contributed by atoms with Gasteiger partial charge in [-0.2, -0.15) is 0 Å². The number of carbonyl (C=O) groups is 2. The van der Waals surface area contributed by atoms with E-state index < -0.39 is 12.1 Å². The standard InChI is InChI=1S/C11H16N2O4S/c1-2-13(7-8-4-3-5-18-8)11(17)12-6-9(14)10(15)16/h3-5,9,14H,2,6-7H2,1H3,(H,12,17)(H,15,16)/t9-/m0/s1. The van der Waals surface area contributed by atoms with Gasteiger partial charge in [-0.15, -0.1) is 11.3 Å². The Bertz CT molecular complexity index is 394. The highest BCUT2D eigenvalue weighted by molar-refractivity contribution is 7.09. The average Bonchev–Trinajstić information content (AvgIpc) is 2.85. The van der Waals surface area contributed by atoms with Crippen molar-refractivity contribution >= 4 is 23.3 Å². The van der Waals surface area contributed by atoms with E-state index in [1.807, 2.05) is 24.4 Å². The molecule has 6 nitrogen and oxygen atoms in total. The minimum absolute atomic E-state index is 0.297. The number of urea groups is 1. The van der Waals surface area contributed by atoms with Crippen molar-refractivity contribution in [1.29, 1.82) is 0 Å². The lowest BCUT2D eigenvalue weighted by Gasteiger charge is -2.21. The molecule has 0 aliphatic carbocycles. The van der Waals surface area contributed by atoms with Crippen LogP contribution in [-0.4, -0.2) is 46.3 Å². The zero-order valence-electron chi connectivity index (χ0n) is 10.00. The summed E-state index contributed by atoms with van der Waals surface area (Å²) in [5.74, 6) is -1.35. The van der Waals surface area contributed by atoms with Crippen LogP contribution in [0.15, 0.2) is 17.5 Å². The Morgan fingerprint density at radius 3 is 2.78 bits per heavy atom. The number of nitrogens with zero attached hydrogens (tertiary/aromatic N) is 1. The zero-order chi connectivity index (χ0) is 13.5. The van der Waals surface area contributed by atoms with Crippen LogP contribution in [0.5, 0.6) is 0 Å². The maximum atomic E-state index is 11.7. The van der Waals surface area contributed by atoms with Gasteiger partial charge in [0.15, 0.2) is 6.10 Å². The lowest BCUT2D eigenvalue weighted by molar-refractivity contribution is -0.146. The molecule has 0 aromatic carbocycles. The molecule has 100 valence electrons. The highest BCUT2D eigenvalue weighted by Gasteiger charge is 2.17. The molecule has 0 fully saturated rings. The summed E-state index contributed by atoms with van der Waals surface area (Å²) in [5, 5.41) is 21.9. The summed E-state index contributed by atoms with van der Waals surface area (Å²) in [6.45, 7) is 2.52. The number of amides is 2. The third-order valence-corrected chi connectivity index (χ3v) is 3.19. The van der Waals surface area contributed by atoms with Gasteiger partial charge in [-0.3, -0.25) is 0 Å². The van der Waals surface area contributed by atoms with E-state index in [1.54, 1.807) is 16.2 Å². The van der Waals surface area contributed by atoms with Crippen molar-refractivity contribution in [3.8, 4) is 0 Å². The van der Waals surface area contributed by atoms with Crippen LogP contribution in [0, 0.1) is 0 Å². The topological polar surface area (TPSA) is 89.9 Å². The Kier molecular flexibility index (Phi) is 5.60. The van der Waals surface area contributed by atoms with Crippen molar-refractivity contribution in [2.45, 2.75) is 19.6 Å². The Labute approximate surface area is 109 Å². The quantitative estimate of drug-likeness (QED) is 0.712. The predicted molar refractivity (Wildman–Crippen MR) is 67.4 cm³/mol. The Morgan fingerprint density at radius 1 is 1.56 bits per heavy atom. The number of aliphatic hydroxyl groups excluding tert-OH is 1. The Hall–Kier alpha value is -1.60. The molecule has 0 spiro atoms. The van der Waals surface area contributed by atoms with Crippen LogP contribution < -0.4 is 5.32 Å². The van der Waals surface area contributed by atoms with Crippen LogP contribution in [0.25, 0.3) is 0 Å². The molecule has 0 unspecified atom stereocenters.